The summed E-state index contributed by atoms with van der Waals surface area (Å²) in [5, 5.41) is 3.34. The number of rotatable bonds is 4. The fourth-order valence-corrected chi connectivity index (χ4v) is 1.64. The first-order valence-electron chi connectivity index (χ1n) is 5.35. The first-order valence-corrected chi connectivity index (χ1v) is 6.90. The molecular formula is C10H17N3O3S. The Kier molecular flexibility index (Phi) is 3.92. The van der Waals surface area contributed by atoms with E-state index in [2.05, 4.69) is 5.10 Å². The molecule has 1 amide bonds. The van der Waals surface area contributed by atoms with Crippen LogP contribution in [0, 0.1) is 0 Å². The molecule has 0 atom stereocenters. The van der Waals surface area contributed by atoms with E-state index >= 15 is 0 Å². The van der Waals surface area contributed by atoms with E-state index in [0.717, 1.165) is 0 Å². The van der Waals surface area contributed by atoms with E-state index < -0.39 is 21.2 Å². The minimum Gasteiger partial charge on any atom is -0.269 e. The van der Waals surface area contributed by atoms with Crippen molar-refractivity contribution < 1.29 is 13.2 Å². The monoisotopic (exact) mass is 259 g/mol. The highest BCUT2D eigenvalue weighted by Crippen LogP contribution is 2.05. The van der Waals surface area contributed by atoms with E-state index in [-0.39, 0.29) is 11.7 Å². The molecule has 0 radical (unpaired) electrons. The number of hydrogen-bond donors (Lipinski definition) is 1. The highest BCUT2D eigenvalue weighted by molar-refractivity contribution is 7.90. The standard InChI is InChI=1S/C10H17N3O3S/c1-7(2)13-6-5-9(11-13)10(14)12-17(15,16)8(3)4/h5-8H,1-4H3,(H,12,14). The highest BCUT2D eigenvalue weighted by Gasteiger charge is 2.21. The van der Waals surface area contributed by atoms with Crippen LogP contribution in [-0.4, -0.2) is 29.4 Å². The molecular weight excluding hydrogens is 242 g/mol. The van der Waals surface area contributed by atoms with Gasteiger partial charge in [-0.05, 0) is 33.8 Å². The topological polar surface area (TPSA) is 81.1 Å². The first-order chi connectivity index (χ1) is 7.74. The van der Waals surface area contributed by atoms with Crippen molar-refractivity contribution >= 4 is 15.9 Å². The van der Waals surface area contributed by atoms with E-state index in [0.29, 0.717) is 0 Å². The molecule has 0 unspecified atom stereocenters. The summed E-state index contributed by atoms with van der Waals surface area (Å²) in [7, 11) is -3.61. The normalized spacial score (nSPS) is 12.1. The number of carbonyl (C=O) groups excluding carboxylic acids is 1. The number of sulfonamides is 1. The van der Waals surface area contributed by atoms with Gasteiger partial charge in [0.1, 0.15) is 0 Å². The van der Waals surface area contributed by atoms with Crippen LogP contribution in [0.15, 0.2) is 12.3 Å². The third kappa shape index (κ3) is 3.29. The van der Waals surface area contributed by atoms with Gasteiger partial charge in [0.05, 0.1) is 5.25 Å². The van der Waals surface area contributed by atoms with Gasteiger partial charge in [0.25, 0.3) is 5.91 Å². The number of hydrogen-bond acceptors (Lipinski definition) is 4. The van der Waals surface area contributed by atoms with E-state index in [9.17, 15) is 13.2 Å². The molecule has 0 aliphatic heterocycles. The van der Waals surface area contributed by atoms with Gasteiger partial charge >= 0.3 is 0 Å². The largest absolute Gasteiger partial charge is 0.285 e. The fourth-order valence-electron chi connectivity index (χ4n) is 1.05. The lowest BCUT2D eigenvalue weighted by atomic mass is 10.4. The predicted molar refractivity (Wildman–Crippen MR) is 64.1 cm³/mol. The number of nitrogens with zero attached hydrogens (tertiary/aromatic N) is 2. The Morgan fingerprint density at radius 1 is 1.35 bits per heavy atom. The van der Waals surface area contributed by atoms with Crippen molar-refractivity contribution in [1.29, 1.82) is 0 Å². The third-order valence-corrected chi connectivity index (χ3v) is 3.94. The number of carbonyl (C=O) groups is 1. The van der Waals surface area contributed by atoms with E-state index in [1.54, 1.807) is 10.9 Å². The van der Waals surface area contributed by atoms with Crippen molar-refractivity contribution in [3.8, 4) is 0 Å². The Labute approximate surface area is 101 Å². The van der Waals surface area contributed by atoms with Crippen LogP contribution >= 0.6 is 0 Å². The van der Waals surface area contributed by atoms with Gasteiger partial charge in [-0.1, -0.05) is 0 Å². The molecule has 1 rings (SSSR count). The molecule has 0 saturated heterocycles. The van der Waals surface area contributed by atoms with Crippen molar-refractivity contribution in [2.75, 3.05) is 0 Å². The van der Waals surface area contributed by atoms with Gasteiger partial charge in [-0.15, -0.1) is 0 Å². The second kappa shape index (κ2) is 4.87. The maximum atomic E-state index is 11.6. The number of aromatic nitrogens is 2. The fraction of sp³-hybridized carbons (Fsp3) is 0.600. The van der Waals surface area contributed by atoms with Gasteiger partial charge in [-0.2, -0.15) is 5.10 Å². The van der Waals surface area contributed by atoms with E-state index in [1.807, 2.05) is 18.6 Å². The average Bonchev–Trinajstić information content (AvgIpc) is 2.65. The minimum absolute atomic E-state index is 0.0999. The summed E-state index contributed by atoms with van der Waals surface area (Å²) in [5.74, 6) is -0.696. The predicted octanol–water partition coefficient (Wildman–Crippen LogP) is 0.932. The van der Waals surface area contributed by atoms with Crippen LogP contribution in [-0.2, 0) is 10.0 Å². The van der Waals surface area contributed by atoms with Gasteiger partial charge < -0.3 is 0 Å². The Balaban J connectivity index is 2.84. The molecule has 0 fully saturated rings. The van der Waals surface area contributed by atoms with E-state index in [1.165, 1.54) is 19.9 Å². The zero-order chi connectivity index (χ0) is 13.2. The minimum atomic E-state index is -3.61. The molecule has 0 aliphatic rings. The van der Waals surface area contributed by atoms with Crippen LogP contribution in [0.25, 0.3) is 0 Å². The van der Waals surface area contributed by atoms with E-state index in [4.69, 9.17) is 0 Å². The van der Waals surface area contributed by atoms with Gasteiger partial charge in [0, 0.05) is 12.2 Å². The maximum absolute atomic E-state index is 11.6. The van der Waals surface area contributed by atoms with Crippen LogP contribution in [0.3, 0.4) is 0 Å². The zero-order valence-corrected chi connectivity index (χ0v) is 11.2. The van der Waals surface area contributed by atoms with Gasteiger partial charge in [-0.25, -0.2) is 13.1 Å². The SMILES string of the molecule is CC(C)n1ccc(C(=O)NS(=O)(=O)C(C)C)n1. The smallest absolute Gasteiger partial charge is 0.269 e. The van der Waals surface area contributed by atoms with Gasteiger partial charge in [0.2, 0.25) is 10.0 Å². The second-order valence-corrected chi connectivity index (χ2v) is 6.54. The Hall–Kier alpha value is -1.37. The molecule has 0 bridgehead atoms. The van der Waals surface area contributed by atoms with Crippen molar-refractivity contribution in [3.63, 3.8) is 0 Å². The summed E-state index contributed by atoms with van der Waals surface area (Å²) in [4.78, 5) is 11.6. The lowest BCUT2D eigenvalue weighted by molar-refractivity contribution is 0.0975. The maximum Gasteiger partial charge on any atom is 0.285 e. The average molecular weight is 259 g/mol. The summed E-state index contributed by atoms with van der Waals surface area (Å²) >= 11 is 0. The molecule has 0 spiro atoms. The van der Waals surface area contributed by atoms with Crippen molar-refractivity contribution in [2.24, 2.45) is 0 Å². The first kappa shape index (κ1) is 13.7. The number of nitrogens with one attached hydrogen (secondary N) is 1. The molecule has 96 valence electrons. The summed E-state index contributed by atoms with van der Waals surface area (Å²) in [6.07, 6.45) is 1.64. The summed E-state index contributed by atoms with van der Waals surface area (Å²) in [6, 6.07) is 1.61. The molecule has 0 aromatic carbocycles. The summed E-state index contributed by atoms with van der Waals surface area (Å²) < 4.78 is 26.6. The highest BCUT2D eigenvalue weighted by atomic mass is 32.2. The molecule has 1 N–H and O–H groups in total. The Morgan fingerprint density at radius 2 is 1.94 bits per heavy atom. The van der Waals surface area contributed by atoms with Crippen molar-refractivity contribution in [3.05, 3.63) is 18.0 Å². The van der Waals surface area contributed by atoms with Crippen molar-refractivity contribution in [1.82, 2.24) is 14.5 Å². The second-order valence-electron chi connectivity index (χ2n) is 4.30. The lowest BCUT2D eigenvalue weighted by Gasteiger charge is -2.08. The lowest BCUT2D eigenvalue weighted by Crippen LogP contribution is -2.36. The van der Waals surface area contributed by atoms with Crippen LogP contribution in [0.5, 0.6) is 0 Å². The molecule has 17 heavy (non-hydrogen) atoms. The zero-order valence-electron chi connectivity index (χ0n) is 10.3. The van der Waals surface area contributed by atoms with Crippen LogP contribution < -0.4 is 4.72 Å². The molecule has 1 aromatic rings. The molecule has 0 aliphatic carbocycles. The number of amides is 1. The quantitative estimate of drug-likeness (QED) is 0.872. The molecule has 6 nitrogen and oxygen atoms in total. The van der Waals surface area contributed by atoms with Crippen LogP contribution in [0.4, 0.5) is 0 Å². The van der Waals surface area contributed by atoms with Gasteiger partial charge in [-0.3, -0.25) is 9.48 Å². The van der Waals surface area contributed by atoms with Crippen LogP contribution in [0.1, 0.15) is 44.2 Å². The molecule has 0 saturated carbocycles. The summed E-state index contributed by atoms with van der Waals surface area (Å²) in [6.45, 7) is 6.84. The Morgan fingerprint density at radius 3 is 2.35 bits per heavy atom. The Bertz CT molecular complexity index is 503. The van der Waals surface area contributed by atoms with Gasteiger partial charge in [0.15, 0.2) is 5.69 Å². The molecule has 7 heteroatoms. The summed E-state index contributed by atoms with van der Waals surface area (Å²) in [5.41, 5.74) is 0.0999. The molecule has 1 heterocycles. The van der Waals surface area contributed by atoms with Crippen molar-refractivity contribution in [2.45, 2.75) is 39.0 Å². The third-order valence-electron chi connectivity index (χ3n) is 2.23. The molecule has 1 aromatic heterocycles. The van der Waals surface area contributed by atoms with Crippen LogP contribution in [0.2, 0.25) is 0 Å².